The number of aromatic nitrogens is 1. The molecule has 2 aliphatic rings. The summed E-state index contributed by atoms with van der Waals surface area (Å²) < 4.78 is 29.1. The Morgan fingerprint density at radius 2 is 1.92 bits per heavy atom. The Morgan fingerprint density at radius 3 is 2.62 bits per heavy atom. The van der Waals surface area contributed by atoms with Crippen LogP contribution in [0, 0.1) is 5.92 Å². The normalized spacial score (nSPS) is 25.4. The van der Waals surface area contributed by atoms with E-state index in [2.05, 4.69) is 12.2 Å². The van der Waals surface area contributed by atoms with Gasteiger partial charge in [0.05, 0.1) is 0 Å². The van der Waals surface area contributed by atoms with Gasteiger partial charge in [-0.05, 0) is 44.7 Å². The van der Waals surface area contributed by atoms with E-state index in [4.69, 9.17) is 0 Å². The molecule has 1 amide bonds. The summed E-state index contributed by atoms with van der Waals surface area (Å²) in [5.74, 6) is 0.274. The number of nitrogens with zero attached hydrogens (tertiary/aromatic N) is 3. The van der Waals surface area contributed by atoms with Crippen LogP contribution < -0.4 is 5.32 Å². The van der Waals surface area contributed by atoms with Gasteiger partial charge in [-0.15, -0.1) is 0 Å². The summed E-state index contributed by atoms with van der Waals surface area (Å²) in [6, 6.07) is 1.84. The topological polar surface area (TPSA) is 74.7 Å². The molecule has 2 fully saturated rings. The van der Waals surface area contributed by atoms with Gasteiger partial charge in [0, 0.05) is 45.5 Å². The predicted octanol–water partition coefficient (Wildman–Crippen LogP) is 1.27. The van der Waals surface area contributed by atoms with Crippen molar-refractivity contribution in [3.05, 3.63) is 18.0 Å². The largest absolute Gasteiger partial charge is 0.345 e. The molecule has 2 atom stereocenters. The molecule has 7 nitrogen and oxygen atoms in total. The van der Waals surface area contributed by atoms with E-state index >= 15 is 0 Å². The Bertz CT molecular complexity index is 758. The van der Waals surface area contributed by atoms with Crippen LogP contribution in [0.15, 0.2) is 17.2 Å². The Morgan fingerprint density at radius 1 is 1.19 bits per heavy atom. The Balaban J connectivity index is 1.81. The van der Waals surface area contributed by atoms with Gasteiger partial charge in [-0.25, -0.2) is 8.42 Å². The highest BCUT2D eigenvalue weighted by Gasteiger charge is 2.32. The maximum Gasteiger partial charge on any atom is 0.270 e. The van der Waals surface area contributed by atoms with E-state index in [9.17, 15) is 13.2 Å². The molecule has 3 heterocycles. The number of hydrogen-bond acceptors (Lipinski definition) is 4. The molecule has 3 rings (SSSR count). The quantitative estimate of drug-likeness (QED) is 0.851. The van der Waals surface area contributed by atoms with Crippen molar-refractivity contribution in [2.75, 3.05) is 33.2 Å². The van der Waals surface area contributed by atoms with Crippen LogP contribution in [-0.4, -0.2) is 67.4 Å². The van der Waals surface area contributed by atoms with Gasteiger partial charge in [0.2, 0.25) is 10.0 Å². The first-order valence-corrected chi connectivity index (χ1v) is 10.9. The summed E-state index contributed by atoms with van der Waals surface area (Å²) in [4.78, 5) is 15.0. The number of aryl methyl sites for hydroxylation is 1. The van der Waals surface area contributed by atoms with Gasteiger partial charge in [0.1, 0.15) is 10.6 Å². The van der Waals surface area contributed by atoms with E-state index in [0.29, 0.717) is 43.8 Å². The molecule has 0 aromatic carbocycles. The van der Waals surface area contributed by atoms with E-state index < -0.39 is 10.0 Å². The highest BCUT2D eigenvalue weighted by atomic mass is 32.2. The average molecular weight is 383 g/mol. The van der Waals surface area contributed by atoms with Crippen LogP contribution in [0.25, 0.3) is 0 Å². The van der Waals surface area contributed by atoms with E-state index in [1.54, 1.807) is 28.2 Å². The summed E-state index contributed by atoms with van der Waals surface area (Å²) in [5, 5.41) is 3.23. The molecule has 8 heteroatoms. The van der Waals surface area contributed by atoms with Crippen LogP contribution in [0.3, 0.4) is 0 Å². The van der Waals surface area contributed by atoms with E-state index in [-0.39, 0.29) is 10.8 Å². The molecule has 2 unspecified atom stereocenters. The molecule has 0 radical (unpaired) electrons. The van der Waals surface area contributed by atoms with Gasteiger partial charge in [0.15, 0.2) is 0 Å². The molecule has 0 spiro atoms. The zero-order chi connectivity index (χ0) is 18.9. The van der Waals surface area contributed by atoms with Crippen molar-refractivity contribution < 1.29 is 13.2 Å². The Labute approximate surface area is 156 Å². The minimum Gasteiger partial charge on any atom is -0.345 e. The fourth-order valence-electron chi connectivity index (χ4n) is 3.96. The van der Waals surface area contributed by atoms with Crippen molar-refractivity contribution in [2.45, 2.75) is 43.5 Å². The SMILES string of the molecule is CNC1CCCN(C(=O)c2cc(S(=O)(=O)N3CCCC(C)C3)cn2C)C1. The summed E-state index contributed by atoms with van der Waals surface area (Å²) in [7, 11) is 0.102. The van der Waals surface area contributed by atoms with Gasteiger partial charge < -0.3 is 14.8 Å². The number of hydrogen-bond donors (Lipinski definition) is 1. The molecule has 0 aliphatic carbocycles. The lowest BCUT2D eigenvalue weighted by Crippen LogP contribution is -2.47. The van der Waals surface area contributed by atoms with Crippen molar-refractivity contribution in [3.63, 3.8) is 0 Å². The van der Waals surface area contributed by atoms with E-state index in [1.165, 1.54) is 0 Å². The van der Waals surface area contributed by atoms with Gasteiger partial charge in [-0.3, -0.25) is 4.79 Å². The maximum absolute atomic E-state index is 13.0. The van der Waals surface area contributed by atoms with E-state index in [0.717, 1.165) is 25.7 Å². The number of nitrogens with one attached hydrogen (secondary N) is 1. The van der Waals surface area contributed by atoms with Crippen molar-refractivity contribution in [3.8, 4) is 0 Å². The van der Waals surface area contributed by atoms with Crippen LogP contribution in [0.2, 0.25) is 0 Å². The van der Waals surface area contributed by atoms with Crippen LogP contribution in [0.1, 0.15) is 43.1 Å². The molecule has 1 aromatic rings. The monoisotopic (exact) mass is 382 g/mol. The molecule has 1 aromatic heterocycles. The molecule has 1 N–H and O–H groups in total. The number of carbonyl (C=O) groups is 1. The molecular formula is C18H30N4O3S. The predicted molar refractivity (Wildman–Crippen MR) is 101 cm³/mol. The summed E-state index contributed by atoms with van der Waals surface area (Å²) in [6.07, 6.45) is 5.53. The van der Waals surface area contributed by atoms with Gasteiger partial charge >= 0.3 is 0 Å². The lowest BCUT2D eigenvalue weighted by molar-refractivity contribution is 0.0688. The maximum atomic E-state index is 13.0. The van der Waals surface area contributed by atoms with Crippen LogP contribution in [-0.2, 0) is 17.1 Å². The number of likely N-dealkylation sites (N-methyl/N-ethyl adjacent to an activating group) is 1. The highest BCUT2D eigenvalue weighted by molar-refractivity contribution is 7.89. The third-order valence-corrected chi connectivity index (χ3v) is 7.40. The summed E-state index contributed by atoms with van der Waals surface area (Å²) in [5.41, 5.74) is 0.436. The molecule has 2 saturated heterocycles. The zero-order valence-electron chi connectivity index (χ0n) is 15.9. The molecule has 0 saturated carbocycles. The van der Waals surface area contributed by atoms with Crippen molar-refractivity contribution in [2.24, 2.45) is 13.0 Å². The molecule has 2 aliphatic heterocycles. The van der Waals surface area contributed by atoms with Crippen molar-refractivity contribution in [1.82, 2.24) is 19.1 Å². The smallest absolute Gasteiger partial charge is 0.270 e. The van der Waals surface area contributed by atoms with Crippen molar-refractivity contribution in [1.29, 1.82) is 0 Å². The third-order valence-electron chi connectivity index (χ3n) is 5.57. The highest BCUT2D eigenvalue weighted by Crippen LogP contribution is 2.25. The molecule has 0 bridgehead atoms. The molecule has 146 valence electrons. The second-order valence-electron chi connectivity index (χ2n) is 7.66. The van der Waals surface area contributed by atoms with Crippen molar-refractivity contribution >= 4 is 15.9 Å². The first-order valence-electron chi connectivity index (χ1n) is 9.46. The fourth-order valence-corrected chi connectivity index (χ4v) is 5.63. The number of piperidine rings is 2. The lowest BCUT2D eigenvalue weighted by Gasteiger charge is -2.32. The standard InChI is InChI=1S/C18H30N4O3S/c1-14-6-4-9-22(11-14)26(24,25)16-10-17(20(3)13-16)18(23)21-8-5-7-15(12-21)19-2/h10,13-15,19H,4-9,11-12H2,1-3H3. The van der Waals surface area contributed by atoms with E-state index in [1.807, 2.05) is 11.9 Å². The number of carbonyl (C=O) groups excluding carboxylic acids is 1. The number of sulfonamides is 1. The third kappa shape index (κ3) is 3.82. The Kier molecular flexibility index (Phi) is 5.74. The minimum atomic E-state index is -3.55. The first-order chi connectivity index (χ1) is 12.3. The van der Waals surface area contributed by atoms with Crippen LogP contribution in [0.4, 0.5) is 0 Å². The zero-order valence-corrected chi connectivity index (χ0v) is 16.8. The Hall–Kier alpha value is -1.38. The molecule has 26 heavy (non-hydrogen) atoms. The van der Waals surface area contributed by atoms with Gasteiger partial charge in [-0.2, -0.15) is 4.31 Å². The fraction of sp³-hybridized carbons (Fsp3) is 0.722. The minimum absolute atomic E-state index is 0.0964. The summed E-state index contributed by atoms with van der Waals surface area (Å²) >= 11 is 0. The van der Waals surface area contributed by atoms with Crippen LogP contribution >= 0.6 is 0 Å². The number of amides is 1. The van der Waals surface area contributed by atoms with Gasteiger partial charge in [0.25, 0.3) is 5.91 Å². The second kappa shape index (κ2) is 7.70. The number of rotatable bonds is 4. The van der Waals surface area contributed by atoms with Gasteiger partial charge in [-0.1, -0.05) is 6.92 Å². The lowest BCUT2D eigenvalue weighted by atomic mass is 10.0. The second-order valence-corrected chi connectivity index (χ2v) is 9.60. The summed E-state index contributed by atoms with van der Waals surface area (Å²) in [6.45, 7) is 4.56. The first kappa shape index (κ1) is 19.4. The molecular weight excluding hydrogens is 352 g/mol. The van der Waals surface area contributed by atoms with Crippen LogP contribution in [0.5, 0.6) is 0 Å². The number of likely N-dealkylation sites (tertiary alicyclic amines) is 1. The average Bonchev–Trinajstić information content (AvgIpc) is 3.03.